The van der Waals surface area contributed by atoms with E-state index < -0.39 is 0 Å². The summed E-state index contributed by atoms with van der Waals surface area (Å²) in [5, 5.41) is 3.93. The Morgan fingerprint density at radius 1 is 1.25 bits per heavy atom. The van der Waals surface area contributed by atoms with Gasteiger partial charge in [0, 0.05) is 31.6 Å². The zero-order valence-corrected chi connectivity index (χ0v) is 15.4. The van der Waals surface area contributed by atoms with Crippen LogP contribution in [-0.2, 0) is 17.6 Å². The summed E-state index contributed by atoms with van der Waals surface area (Å²) in [6.45, 7) is 0.738. The van der Waals surface area contributed by atoms with E-state index in [1.165, 1.54) is 6.07 Å². The van der Waals surface area contributed by atoms with Gasteiger partial charge in [0.15, 0.2) is 0 Å². The van der Waals surface area contributed by atoms with Crippen LogP contribution in [0.1, 0.15) is 30.7 Å². The number of hydrogen-bond donors (Lipinski definition) is 0. The van der Waals surface area contributed by atoms with Crippen molar-refractivity contribution >= 4 is 5.91 Å². The first-order valence-corrected chi connectivity index (χ1v) is 9.47. The largest absolute Gasteiger partial charge is 0.339 e. The van der Waals surface area contributed by atoms with Gasteiger partial charge in [-0.3, -0.25) is 9.78 Å². The van der Waals surface area contributed by atoms with E-state index in [1.54, 1.807) is 24.4 Å². The van der Waals surface area contributed by atoms with Gasteiger partial charge in [-0.25, -0.2) is 4.39 Å². The third kappa shape index (κ3) is 4.24. The summed E-state index contributed by atoms with van der Waals surface area (Å²) < 4.78 is 18.7. The lowest BCUT2D eigenvalue weighted by Crippen LogP contribution is -2.37. The zero-order chi connectivity index (χ0) is 19.3. The van der Waals surface area contributed by atoms with E-state index in [-0.39, 0.29) is 17.8 Å². The molecule has 1 aromatic carbocycles. The minimum atomic E-state index is -0.242. The van der Waals surface area contributed by atoms with E-state index in [9.17, 15) is 9.18 Å². The van der Waals surface area contributed by atoms with Crippen molar-refractivity contribution in [3.05, 3.63) is 65.9 Å². The van der Waals surface area contributed by atoms with Gasteiger partial charge in [0.1, 0.15) is 11.5 Å². The quantitative estimate of drug-likeness (QED) is 0.655. The standard InChI is InChI=1S/C21H21FN4O2/c22-16-6-3-5-15(13-16)14-17-7-4-12-26(17)20(27)10-9-19-24-21(25-28-19)18-8-1-2-11-23-18/h1-3,5-6,8,11,13,17H,4,7,9-10,12,14H2. The Labute approximate surface area is 162 Å². The van der Waals surface area contributed by atoms with Gasteiger partial charge >= 0.3 is 0 Å². The van der Waals surface area contributed by atoms with E-state index in [1.807, 2.05) is 23.1 Å². The van der Waals surface area contributed by atoms with Crippen molar-refractivity contribution in [3.8, 4) is 11.5 Å². The highest BCUT2D eigenvalue weighted by atomic mass is 19.1. The molecule has 0 saturated carbocycles. The van der Waals surface area contributed by atoms with Crippen molar-refractivity contribution in [2.75, 3.05) is 6.54 Å². The summed E-state index contributed by atoms with van der Waals surface area (Å²) in [6, 6.07) is 12.2. The predicted molar refractivity (Wildman–Crippen MR) is 101 cm³/mol. The molecule has 1 amide bonds. The fraction of sp³-hybridized carbons (Fsp3) is 0.333. The smallest absolute Gasteiger partial charge is 0.227 e. The molecule has 4 rings (SSSR count). The fourth-order valence-electron chi connectivity index (χ4n) is 3.63. The molecule has 1 saturated heterocycles. The van der Waals surface area contributed by atoms with Gasteiger partial charge in [0.25, 0.3) is 0 Å². The molecule has 0 N–H and O–H groups in total. The lowest BCUT2D eigenvalue weighted by Gasteiger charge is -2.24. The molecular formula is C21H21FN4O2. The van der Waals surface area contributed by atoms with Crippen LogP contribution in [0.3, 0.4) is 0 Å². The van der Waals surface area contributed by atoms with Gasteiger partial charge in [0.05, 0.1) is 0 Å². The van der Waals surface area contributed by atoms with Crippen molar-refractivity contribution in [2.24, 2.45) is 0 Å². The van der Waals surface area contributed by atoms with E-state index in [0.717, 1.165) is 24.9 Å². The number of hydrogen-bond acceptors (Lipinski definition) is 5. The van der Waals surface area contributed by atoms with Gasteiger partial charge in [-0.15, -0.1) is 0 Å². The van der Waals surface area contributed by atoms with Crippen LogP contribution in [0.15, 0.2) is 53.2 Å². The molecule has 0 radical (unpaired) electrons. The number of amides is 1. The number of aryl methyl sites for hydroxylation is 1. The molecule has 1 aliphatic rings. The van der Waals surface area contributed by atoms with Gasteiger partial charge in [0.2, 0.25) is 17.6 Å². The average molecular weight is 380 g/mol. The number of halogens is 1. The molecule has 0 aliphatic carbocycles. The topological polar surface area (TPSA) is 72.1 Å². The van der Waals surface area contributed by atoms with Crippen molar-refractivity contribution < 1.29 is 13.7 Å². The molecule has 0 bridgehead atoms. The third-order valence-corrected chi connectivity index (χ3v) is 4.97. The molecule has 1 atom stereocenters. The van der Waals surface area contributed by atoms with E-state index in [2.05, 4.69) is 15.1 Å². The SMILES string of the molecule is O=C(CCc1nc(-c2ccccn2)no1)N1CCCC1Cc1cccc(F)c1. The minimum absolute atomic E-state index is 0.0662. The zero-order valence-electron chi connectivity index (χ0n) is 15.4. The molecule has 0 spiro atoms. The summed E-state index contributed by atoms with van der Waals surface area (Å²) >= 11 is 0. The molecular weight excluding hydrogens is 359 g/mol. The Bertz CT molecular complexity index is 944. The molecule has 6 nitrogen and oxygen atoms in total. The average Bonchev–Trinajstić information content (AvgIpc) is 3.36. The molecule has 3 aromatic rings. The summed E-state index contributed by atoms with van der Waals surface area (Å²) in [5.41, 5.74) is 1.56. The number of benzene rings is 1. The monoisotopic (exact) mass is 380 g/mol. The highest BCUT2D eigenvalue weighted by molar-refractivity contribution is 5.77. The lowest BCUT2D eigenvalue weighted by atomic mass is 10.0. The molecule has 1 unspecified atom stereocenters. The van der Waals surface area contributed by atoms with E-state index >= 15 is 0 Å². The summed E-state index contributed by atoms with van der Waals surface area (Å²) in [6.07, 6.45) is 4.95. The van der Waals surface area contributed by atoms with E-state index in [4.69, 9.17) is 4.52 Å². The Hall–Kier alpha value is -3.09. The normalized spacial score (nSPS) is 16.5. The van der Waals surface area contributed by atoms with Gasteiger partial charge in [-0.1, -0.05) is 23.4 Å². The molecule has 28 heavy (non-hydrogen) atoms. The first kappa shape index (κ1) is 18.3. The highest BCUT2D eigenvalue weighted by Crippen LogP contribution is 2.23. The summed E-state index contributed by atoms with van der Waals surface area (Å²) in [4.78, 5) is 23.1. The van der Waals surface area contributed by atoms with Crippen LogP contribution in [0.5, 0.6) is 0 Å². The van der Waals surface area contributed by atoms with Crippen molar-refractivity contribution in [3.63, 3.8) is 0 Å². The third-order valence-electron chi connectivity index (χ3n) is 4.97. The van der Waals surface area contributed by atoms with Crippen LogP contribution in [0.4, 0.5) is 4.39 Å². The first-order valence-electron chi connectivity index (χ1n) is 9.47. The number of carbonyl (C=O) groups is 1. The predicted octanol–water partition coefficient (Wildman–Crippen LogP) is 3.44. The van der Waals surface area contributed by atoms with Crippen molar-refractivity contribution in [2.45, 2.75) is 38.1 Å². The Balaban J connectivity index is 1.35. The maximum absolute atomic E-state index is 13.4. The molecule has 2 aromatic heterocycles. The first-order chi connectivity index (χ1) is 13.7. The Morgan fingerprint density at radius 3 is 3.00 bits per heavy atom. The van der Waals surface area contributed by atoms with Gasteiger partial charge in [-0.05, 0) is 49.1 Å². The number of rotatable bonds is 6. The van der Waals surface area contributed by atoms with Crippen LogP contribution in [0.2, 0.25) is 0 Å². The number of carbonyl (C=O) groups excluding carboxylic acids is 1. The number of aromatic nitrogens is 3. The number of likely N-dealkylation sites (tertiary alicyclic amines) is 1. The van der Waals surface area contributed by atoms with Gasteiger partial charge < -0.3 is 9.42 Å². The highest BCUT2D eigenvalue weighted by Gasteiger charge is 2.28. The van der Waals surface area contributed by atoms with Crippen LogP contribution < -0.4 is 0 Å². The maximum atomic E-state index is 13.4. The summed E-state index contributed by atoms with van der Waals surface area (Å²) in [7, 11) is 0. The Kier molecular flexibility index (Phi) is 5.41. The van der Waals surface area contributed by atoms with Crippen LogP contribution >= 0.6 is 0 Å². The van der Waals surface area contributed by atoms with E-state index in [0.29, 0.717) is 36.7 Å². The second kappa shape index (κ2) is 8.29. The van der Waals surface area contributed by atoms with Crippen LogP contribution in [-0.4, -0.2) is 38.5 Å². The molecule has 1 fully saturated rings. The lowest BCUT2D eigenvalue weighted by molar-refractivity contribution is -0.132. The Morgan fingerprint density at radius 2 is 2.18 bits per heavy atom. The number of nitrogens with zero attached hydrogens (tertiary/aromatic N) is 4. The molecule has 1 aliphatic heterocycles. The number of pyridine rings is 1. The van der Waals surface area contributed by atoms with Crippen LogP contribution in [0.25, 0.3) is 11.5 Å². The van der Waals surface area contributed by atoms with Crippen molar-refractivity contribution in [1.82, 2.24) is 20.0 Å². The van der Waals surface area contributed by atoms with Gasteiger partial charge in [-0.2, -0.15) is 4.98 Å². The second-order valence-corrected chi connectivity index (χ2v) is 6.94. The van der Waals surface area contributed by atoms with Crippen LogP contribution in [0, 0.1) is 5.82 Å². The second-order valence-electron chi connectivity index (χ2n) is 6.94. The molecule has 144 valence electrons. The minimum Gasteiger partial charge on any atom is -0.339 e. The molecule has 3 heterocycles. The summed E-state index contributed by atoms with van der Waals surface area (Å²) in [5.74, 6) is 0.674. The fourth-order valence-corrected chi connectivity index (χ4v) is 3.63. The molecule has 7 heteroatoms. The maximum Gasteiger partial charge on any atom is 0.227 e. The van der Waals surface area contributed by atoms with Crippen molar-refractivity contribution in [1.29, 1.82) is 0 Å².